The summed E-state index contributed by atoms with van der Waals surface area (Å²) in [6, 6.07) is 10.6. The maximum Gasteiger partial charge on any atom is 0.303 e. The molecule has 8 heteroatoms. The quantitative estimate of drug-likeness (QED) is 0.663. The maximum absolute atomic E-state index is 14.2. The molecule has 1 spiro atoms. The highest BCUT2D eigenvalue weighted by molar-refractivity contribution is 5.78. The summed E-state index contributed by atoms with van der Waals surface area (Å²) in [5.74, 6) is -3.87. The summed E-state index contributed by atoms with van der Waals surface area (Å²) in [6.07, 6.45) is 2.27. The van der Waals surface area contributed by atoms with Crippen molar-refractivity contribution in [3.05, 3.63) is 53.3 Å². The van der Waals surface area contributed by atoms with Gasteiger partial charge in [-0.3, -0.25) is 4.79 Å². The Morgan fingerprint density at radius 3 is 2.68 bits per heavy atom. The third kappa shape index (κ3) is 3.49. The van der Waals surface area contributed by atoms with E-state index in [0.29, 0.717) is 6.54 Å². The predicted molar refractivity (Wildman–Crippen MR) is 125 cm³/mol. The van der Waals surface area contributed by atoms with E-state index in [1.54, 1.807) is 12.1 Å². The van der Waals surface area contributed by atoms with Crippen LogP contribution in [-0.4, -0.2) is 49.2 Å². The van der Waals surface area contributed by atoms with E-state index in [1.807, 2.05) is 23.1 Å². The second-order valence-corrected chi connectivity index (χ2v) is 10.4. The Kier molecular flexibility index (Phi) is 4.80. The molecule has 180 valence electrons. The summed E-state index contributed by atoms with van der Waals surface area (Å²) in [6.45, 7) is 1.79. The molecule has 2 aromatic rings. The normalized spacial score (nSPS) is 26.1. The van der Waals surface area contributed by atoms with Crippen molar-refractivity contribution in [3.63, 3.8) is 0 Å². The van der Waals surface area contributed by atoms with E-state index in [4.69, 9.17) is 0 Å². The average Bonchev–Trinajstić information content (AvgIpc) is 3.26. The standard InChI is InChI=1S/C26H28F3N3O2/c27-17-1-3-20-16(9-24(33)34)12-25(21(20)10-17)5-7-31(8-6-25)18-2-4-22-23(11-18)32-15-26(28,29)13-19(32)14-30-22/h1-4,10-11,16,19,30H,5-9,12-15H2,(H,33,34)/t16-,19+/m1/s1. The highest BCUT2D eigenvalue weighted by atomic mass is 19.3. The number of fused-ring (bicyclic) bond motifs is 5. The number of piperidine rings is 1. The zero-order valence-corrected chi connectivity index (χ0v) is 18.9. The number of carbonyl (C=O) groups is 1. The molecular formula is C26H28F3N3O2. The number of halogens is 3. The van der Waals surface area contributed by atoms with Gasteiger partial charge in [-0.05, 0) is 72.1 Å². The van der Waals surface area contributed by atoms with Crippen LogP contribution < -0.4 is 15.1 Å². The van der Waals surface area contributed by atoms with E-state index in [1.165, 1.54) is 6.07 Å². The van der Waals surface area contributed by atoms with Crippen LogP contribution in [0.15, 0.2) is 36.4 Å². The minimum atomic E-state index is -2.67. The van der Waals surface area contributed by atoms with Crippen LogP contribution in [0.4, 0.5) is 30.2 Å². The summed E-state index contributed by atoms with van der Waals surface area (Å²) in [7, 11) is 0. The molecule has 2 aromatic carbocycles. The topological polar surface area (TPSA) is 55.8 Å². The Balaban J connectivity index is 1.24. The molecule has 0 aromatic heterocycles. The number of nitrogens with one attached hydrogen (secondary N) is 1. The number of anilines is 3. The summed E-state index contributed by atoms with van der Waals surface area (Å²) in [5.41, 5.74) is 4.45. The van der Waals surface area contributed by atoms with Crippen LogP contribution >= 0.6 is 0 Å². The number of hydrogen-bond acceptors (Lipinski definition) is 4. The van der Waals surface area contributed by atoms with Crippen LogP contribution in [-0.2, 0) is 10.2 Å². The van der Waals surface area contributed by atoms with Crippen molar-refractivity contribution in [2.24, 2.45) is 0 Å². The van der Waals surface area contributed by atoms with E-state index >= 15 is 0 Å². The van der Waals surface area contributed by atoms with Gasteiger partial charge in [-0.15, -0.1) is 0 Å². The lowest BCUT2D eigenvalue weighted by molar-refractivity contribution is -0.137. The average molecular weight is 472 g/mol. The summed E-state index contributed by atoms with van der Waals surface area (Å²) in [4.78, 5) is 15.5. The SMILES string of the molecule is O=C(O)C[C@@H]1CC2(CCN(c3ccc4c(c3)N3CC(F)(F)C[C@H]3CN4)CC2)c2cc(F)ccc21. The first-order valence-corrected chi connectivity index (χ1v) is 12.0. The number of carboxylic acids is 1. The first-order valence-electron chi connectivity index (χ1n) is 12.0. The molecule has 6 rings (SSSR count). The molecule has 0 radical (unpaired) electrons. The third-order valence-electron chi connectivity index (χ3n) is 8.37. The molecule has 1 aliphatic carbocycles. The van der Waals surface area contributed by atoms with Crippen LogP contribution in [0, 0.1) is 5.82 Å². The summed E-state index contributed by atoms with van der Waals surface area (Å²) in [5, 5.41) is 12.7. The molecule has 5 nitrogen and oxygen atoms in total. The zero-order valence-electron chi connectivity index (χ0n) is 18.9. The Bertz CT molecular complexity index is 1150. The molecule has 3 aliphatic heterocycles. The van der Waals surface area contributed by atoms with Crippen molar-refractivity contribution < 1.29 is 23.1 Å². The third-order valence-corrected chi connectivity index (χ3v) is 8.37. The van der Waals surface area contributed by atoms with E-state index < -0.39 is 11.9 Å². The fourth-order valence-corrected chi connectivity index (χ4v) is 6.79. The lowest BCUT2D eigenvalue weighted by Crippen LogP contribution is -2.42. The summed E-state index contributed by atoms with van der Waals surface area (Å²) < 4.78 is 42.3. The van der Waals surface area contributed by atoms with Gasteiger partial charge in [0.15, 0.2) is 0 Å². The molecule has 2 atom stereocenters. The number of hydrogen-bond donors (Lipinski definition) is 2. The predicted octanol–water partition coefficient (Wildman–Crippen LogP) is 4.97. The molecular weight excluding hydrogens is 443 g/mol. The van der Waals surface area contributed by atoms with Gasteiger partial charge >= 0.3 is 5.97 Å². The lowest BCUT2D eigenvalue weighted by atomic mass is 9.73. The first-order chi connectivity index (χ1) is 16.2. The number of alkyl halides is 2. The molecule has 34 heavy (non-hydrogen) atoms. The van der Waals surface area contributed by atoms with Crippen molar-refractivity contribution in [2.75, 3.05) is 41.3 Å². The van der Waals surface area contributed by atoms with Crippen LogP contribution in [0.2, 0.25) is 0 Å². The van der Waals surface area contributed by atoms with Crippen molar-refractivity contribution in [3.8, 4) is 0 Å². The van der Waals surface area contributed by atoms with Gasteiger partial charge in [-0.1, -0.05) is 6.07 Å². The van der Waals surface area contributed by atoms with Crippen LogP contribution in [0.5, 0.6) is 0 Å². The van der Waals surface area contributed by atoms with E-state index in [0.717, 1.165) is 60.5 Å². The molecule has 3 heterocycles. The Labute approximate surface area is 196 Å². The highest BCUT2D eigenvalue weighted by Gasteiger charge is 2.48. The highest BCUT2D eigenvalue weighted by Crippen LogP contribution is 2.53. The minimum absolute atomic E-state index is 0.0591. The number of aliphatic carboxylic acids is 1. The molecule has 2 fully saturated rings. The Morgan fingerprint density at radius 2 is 1.91 bits per heavy atom. The van der Waals surface area contributed by atoms with Gasteiger partial charge in [0, 0.05) is 31.7 Å². The largest absolute Gasteiger partial charge is 0.481 e. The smallest absolute Gasteiger partial charge is 0.303 e. The molecule has 0 bridgehead atoms. The lowest BCUT2D eigenvalue weighted by Gasteiger charge is -2.42. The van der Waals surface area contributed by atoms with Gasteiger partial charge in [0.25, 0.3) is 5.92 Å². The van der Waals surface area contributed by atoms with Crippen molar-refractivity contribution in [1.29, 1.82) is 0 Å². The van der Waals surface area contributed by atoms with Crippen LogP contribution in [0.25, 0.3) is 0 Å². The van der Waals surface area contributed by atoms with E-state index in [9.17, 15) is 23.1 Å². The summed E-state index contributed by atoms with van der Waals surface area (Å²) >= 11 is 0. The molecule has 0 saturated carbocycles. The van der Waals surface area contributed by atoms with Crippen molar-refractivity contribution in [2.45, 2.75) is 55.4 Å². The van der Waals surface area contributed by atoms with Gasteiger partial charge in [0.05, 0.1) is 30.4 Å². The number of nitrogens with zero attached hydrogens (tertiary/aromatic N) is 2. The van der Waals surface area contributed by atoms with Crippen molar-refractivity contribution in [1.82, 2.24) is 0 Å². The van der Waals surface area contributed by atoms with Gasteiger partial charge < -0.3 is 20.2 Å². The molecule has 0 amide bonds. The minimum Gasteiger partial charge on any atom is -0.481 e. The molecule has 2 saturated heterocycles. The van der Waals surface area contributed by atoms with Gasteiger partial charge in [-0.2, -0.15) is 0 Å². The van der Waals surface area contributed by atoms with Gasteiger partial charge in [-0.25, -0.2) is 13.2 Å². The Hall–Kier alpha value is -2.90. The number of carboxylic acid groups (broad SMARTS) is 1. The maximum atomic E-state index is 14.2. The fraction of sp³-hybridized carbons (Fsp3) is 0.500. The number of rotatable bonds is 3. The second-order valence-electron chi connectivity index (χ2n) is 10.4. The number of benzene rings is 2. The fourth-order valence-electron chi connectivity index (χ4n) is 6.79. The molecule has 2 N–H and O–H groups in total. The van der Waals surface area contributed by atoms with Crippen LogP contribution in [0.3, 0.4) is 0 Å². The first kappa shape index (κ1) is 21.6. The van der Waals surface area contributed by atoms with Gasteiger partial charge in [0.2, 0.25) is 0 Å². The second kappa shape index (κ2) is 7.55. The Morgan fingerprint density at radius 1 is 1.12 bits per heavy atom. The zero-order chi connectivity index (χ0) is 23.7. The monoisotopic (exact) mass is 471 g/mol. The van der Waals surface area contributed by atoms with Crippen LogP contribution in [0.1, 0.15) is 49.1 Å². The van der Waals surface area contributed by atoms with Crippen molar-refractivity contribution >= 4 is 23.0 Å². The van der Waals surface area contributed by atoms with Gasteiger partial charge in [0.1, 0.15) is 5.82 Å². The van der Waals surface area contributed by atoms with E-state index in [-0.39, 0.29) is 42.6 Å². The van der Waals surface area contributed by atoms with E-state index in [2.05, 4.69) is 10.2 Å². The molecule has 0 unspecified atom stereocenters. The molecule has 4 aliphatic rings.